The third-order valence-electron chi connectivity index (χ3n) is 4.66. The molecule has 1 aromatic heterocycles. The Hall–Kier alpha value is -2.76. The molecule has 27 heavy (non-hydrogen) atoms. The molecule has 0 aliphatic carbocycles. The van der Waals surface area contributed by atoms with E-state index >= 15 is 0 Å². The molecule has 4 rings (SSSR count). The van der Waals surface area contributed by atoms with Crippen molar-refractivity contribution in [3.05, 3.63) is 77.8 Å². The van der Waals surface area contributed by atoms with Crippen molar-refractivity contribution in [1.82, 2.24) is 4.57 Å². The quantitative estimate of drug-likeness (QED) is 0.500. The van der Waals surface area contributed by atoms with Crippen molar-refractivity contribution in [2.75, 3.05) is 5.73 Å². The third-order valence-corrected chi connectivity index (χ3v) is 6.81. The van der Waals surface area contributed by atoms with Gasteiger partial charge in [-0.2, -0.15) is 0 Å². The second kappa shape index (κ2) is 6.44. The Balaban J connectivity index is 2.10. The van der Waals surface area contributed by atoms with E-state index < -0.39 is 9.84 Å². The van der Waals surface area contributed by atoms with Gasteiger partial charge in [0.2, 0.25) is 9.84 Å². The van der Waals surface area contributed by atoms with Crippen molar-refractivity contribution in [1.29, 1.82) is 0 Å². The summed E-state index contributed by atoms with van der Waals surface area (Å²) in [6, 6.07) is 21.4. The van der Waals surface area contributed by atoms with Crippen LogP contribution in [0.4, 0.5) is 5.69 Å². The normalized spacial score (nSPS) is 11.8. The number of aromatic nitrogens is 1. The molecule has 3 aromatic carbocycles. The summed E-state index contributed by atoms with van der Waals surface area (Å²) in [5.74, 6) is 0. The Kier molecular flexibility index (Phi) is 4.21. The van der Waals surface area contributed by atoms with Crippen molar-refractivity contribution >= 4 is 38.0 Å². The lowest BCUT2D eigenvalue weighted by atomic mass is 10.1. The molecule has 0 amide bonds. The minimum Gasteiger partial charge on any atom is -0.398 e. The molecule has 4 nitrogen and oxygen atoms in total. The van der Waals surface area contributed by atoms with Crippen LogP contribution in [-0.4, -0.2) is 13.0 Å². The summed E-state index contributed by atoms with van der Waals surface area (Å²) in [6.45, 7) is 0. The summed E-state index contributed by atoms with van der Waals surface area (Å²) in [5, 5.41) is 0.893. The van der Waals surface area contributed by atoms with E-state index in [0.29, 0.717) is 16.8 Å². The third kappa shape index (κ3) is 2.80. The average molecular weight is 397 g/mol. The molecule has 1 heterocycles. The second-order valence-corrected chi connectivity index (χ2v) is 8.60. The molecule has 0 unspecified atom stereocenters. The first kappa shape index (κ1) is 17.6. The second-order valence-electron chi connectivity index (χ2n) is 6.31. The first-order valence-corrected chi connectivity index (χ1v) is 10.2. The van der Waals surface area contributed by atoms with Gasteiger partial charge < -0.3 is 10.3 Å². The minimum absolute atomic E-state index is 0.121. The molecule has 0 saturated carbocycles. The number of sulfone groups is 1. The molecule has 0 spiro atoms. The highest BCUT2D eigenvalue weighted by atomic mass is 35.5. The van der Waals surface area contributed by atoms with Gasteiger partial charge in [-0.25, -0.2) is 8.42 Å². The van der Waals surface area contributed by atoms with Gasteiger partial charge in [-0.1, -0.05) is 60.1 Å². The number of fused-ring (bicyclic) bond motifs is 1. The fraction of sp³-hybridized carbons (Fsp3) is 0.0476. The predicted molar refractivity (Wildman–Crippen MR) is 110 cm³/mol. The van der Waals surface area contributed by atoms with Crippen LogP contribution < -0.4 is 5.73 Å². The van der Waals surface area contributed by atoms with E-state index in [1.165, 1.54) is 18.2 Å². The monoisotopic (exact) mass is 396 g/mol. The number of nitrogens with two attached hydrogens (primary N) is 1. The first-order chi connectivity index (χ1) is 12.9. The summed E-state index contributed by atoms with van der Waals surface area (Å²) in [4.78, 5) is 0.392. The Labute approximate surface area is 162 Å². The topological polar surface area (TPSA) is 65.1 Å². The van der Waals surface area contributed by atoms with Crippen LogP contribution in [0, 0.1) is 0 Å². The fourth-order valence-corrected chi connectivity index (χ4v) is 5.32. The van der Waals surface area contributed by atoms with Crippen molar-refractivity contribution in [3.63, 3.8) is 0 Å². The molecule has 0 saturated heterocycles. The van der Waals surface area contributed by atoms with Gasteiger partial charge >= 0.3 is 0 Å². The van der Waals surface area contributed by atoms with Crippen LogP contribution in [0.3, 0.4) is 0 Å². The number of anilines is 1. The van der Waals surface area contributed by atoms with E-state index in [9.17, 15) is 8.42 Å². The van der Waals surface area contributed by atoms with Gasteiger partial charge in [0.25, 0.3) is 0 Å². The number of halogens is 1. The van der Waals surface area contributed by atoms with Crippen molar-refractivity contribution in [3.8, 4) is 11.3 Å². The SMILES string of the molecule is Cn1c(-c2ccccc2)c(S(=O)(=O)c2ccc(N)c(Cl)c2)c2ccccc21. The zero-order valence-corrected chi connectivity index (χ0v) is 16.1. The van der Waals surface area contributed by atoms with Gasteiger partial charge in [0, 0.05) is 18.0 Å². The molecule has 0 radical (unpaired) electrons. The van der Waals surface area contributed by atoms with Crippen LogP contribution in [0.15, 0.2) is 82.6 Å². The maximum Gasteiger partial charge on any atom is 0.209 e. The van der Waals surface area contributed by atoms with Crippen LogP contribution in [0.5, 0.6) is 0 Å². The van der Waals surface area contributed by atoms with Gasteiger partial charge in [-0.05, 0) is 29.8 Å². The number of benzene rings is 3. The van der Waals surface area contributed by atoms with Crippen molar-refractivity contribution < 1.29 is 8.42 Å². The molecular weight excluding hydrogens is 380 g/mol. The van der Waals surface area contributed by atoms with Crippen molar-refractivity contribution in [2.45, 2.75) is 9.79 Å². The van der Waals surface area contributed by atoms with Crippen LogP contribution in [0.25, 0.3) is 22.2 Å². The average Bonchev–Trinajstić information content (AvgIpc) is 2.98. The van der Waals surface area contributed by atoms with E-state index in [-0.39, 0.29) is 14.8 Å². The smallest absolute Gasteiger partial charge is 0.209 e. The molecule has 0 aliphatic rings. The maximum absolute atomic E-state index is 13.6. The number of hydrogen-bond acceptors (Lipinski definition) is 3. The number of rotatable bonds is 3. The Morgan fingerprint density at radius 1 is 0.926 bits per heavy atom. The fourth-order valence-electron chi connectivity index (χ4n) is 3.34. The Morgan fingerprint density at radius 3 is 2.30 bits per heavy atom. The molecule has 0 atom stereocenters. The van der Waals surface area contributed by atoms with Crippen molar-refractivity contribution in [2.24, 2.45) is 7.05 Å². The maximum atomic E-state index is 13.6. The van der Waals surface area contributed by atoms with Crippen LogP contribution >= 0.6 is 11.6 Å². The molecule has 136 valence electrons. The van der Waals surface area contributed by atoms with Crippen LogP contribution in [-0.2, 0) is 16.9 Å². The van der Waals surface area contributed by atoms with Gasteiger partial charge in [-0.3, -0.25) is 0 Å². The molecule has 0 bridgehead atoms. The number of aryl methyl sites for hydroxylation is 1. The van der Waals surface area contributed by atoms with Crippen LogP contribution in [0.2, 0.25) is 5.02 Å². The summed E-state index contributed by atoms with van der Waals surface area (Å²) >= 11 is 6.09. The molecule has 0 fully saturated rings. The van der Waals surface area contributed by atoms with Crippen LogP contribution in [0.1, 0.15) is 0 Å². The van der Waals surface area contributed by atoms with E-state index in [1.54, 1.807) is 0 Å². The molecule has 2 N–H and O–H groups in total. The highest BCUT2D eigenvalue weighted by Gasteiger charge is 2.29. The molecular formula is C21H17ClN2O2S. The number of para-hydroxylation sites is 1. The number of nitrogens with zero attached hydrogens (tertiary/aromatic N) is 1. The Bertz CT molecular complexity index is 1260. The minimum atomic E-state index is -3.82. The summed E-state index contributed by atoms with van der Waals surface area (Å²) in [7, 11) is -1.95. The lowest BCUT2D eigenvalue weighted by Gasteiger charge is -2.10. The predicted octanol–water partition coefficient (Wildman–Crippen LogP) is 4.91. The zero-order chi connectivity index (χ0) is 19.2. The lowest BCUT2D eigenvalue weighted by Crippen LogP contribution is -2.05. The molecule has 4 aromatic rings. The zero-order valence-electron chi connectivity index (χ0n) is 14.6. The highest BCUT2D eigenvalue weighted by molar-refractivity contribution is 7.92. The van der Waals surface area contributed by atoms with Gasteiger partial charge in [0.15, 0.2) is 0 Å². The highest BCUT2D eigenvalue weighted by Crippen LogP contribution is 2.39. The first-order valence-electron chi connectivity index (χ1n) is 8.34. The van der Waals surface area contributed by atoms with E-state index in [2.05, 4.69) is 0 Å². The van der Waals surface area contributed by atoms with Gasteiger partial charge in [0.1, 0.15) is 4.90 Å². The van der Waals surface area contributed by atoms with E-state index in [0.717, 1.165) is 11.1 Å². The number of hydrogen-bond donors (Lipinski definition) is 1. The lowest BCUT2D eigenvalue weighted by molar-refractivity contribution is 0.597. The van der Waals surface area contributed by atoms with E-state index in [4.69, 9.17) is 17.3 Å². The van der Waals surface area contributed by atoms with E-state index in [1.807, 2.05) is 66.2 Å². The summed E-state index contributed by atoms with van der Waals surface area (Å²) in [6.07, 6.45) is 0. The number of nitrogen functional groups attached to an aromatic ring is 1. The standard InChI is InChI=1S/C21H17ClN2O2S/c1-24-19-10-6-5-9-16(19)21(20(24)14-7-3-2-4-8-14)27(25,26)15-11-12-18(23)17(22)13-15/h2-13H,23H2,1H3. The van der Waals surface area contributed by atoms with Gasteiger partial charge in [0.05, 0.1) is 21.3 Å². The summed E-state index contributed by atoms with van der Waals surface area (Å²) in [5.41, 5.74) is 8.42. The van der Waals surface area contributed by atoms with Gasteiger partial charge in [-0.15, -0.1) is 0 Å². The molecule has 0 aliphatic heterocycles. The largest absolute Gasteiger partial charge is 0.398 e. The Morgan fingerprint density at radius 2 is 1.59 bits per heavy atom. The molecule has 6 heteroatoms. The summed E-state index contributed by atoms with van der Waals surface area (Å²) < 4.78 is 29.1.